The van der Waals surface area contributed by atoms with Gasteiger partial charge < -0.3 is 18.7 Å². The fourth-order valence-electron chi connectivity index (χ4n) is 5.25. The Morgan fingerprint density at radius 1 is 1.25 bits per heavy atom. The molecule has 0 heterocycles. The molecule has 3 fully saturated rings. The average Bonchev–Trinajstić information content (AvgIpc) is 2.68. The molecule has 0 unspecified atom stereocenters. The van der Waals surface area contributed by atoms with Crippen molar-refractivity contribution in [3.63, 3.8) is 0 Å². The van der Waals surface area contributed by atoms with E-state index >= 15 is 0 Å². The number of hydrogen-bond donors (Lipinski definition) is 0. The highest BCUT2D eigenvalue weighted by Crippen LogP contribution is 2.60. The molecule has 1 aromatic rings. The van der Waals surface area contributed by atoms with Crippen LogP contribution in [-0.2, 0) is 25.3 Å². The van der Waals surface area contributed by atoms with Gasteiger partial charge in [-0.15, -0.1) is 6.58 Å². The van der Waals surface area contributed by atoms with Gasteiger partial charge in [0.15, 0.2) is 8.32 Å². The molecule has 4 nitrogen and oxygen atoms in total. The minimum atomic E-state index is -1.88. The largest absolute Gasteiger partial charge is 0.413 e. The predicted octanol–water partition coefficient (Wildman–Crippen LogP) is 4.75. The fraction of sp³-hybridized carbons (Fsp3) is 0.609. The summed E-state index contributed by atoms with van der Waals surface area (Å²) in [6, 6.07) is 10.2. The number of allylic oxidation sites excluding steroid dienone is 1. The van der Waals surface area contributed by atoms with Gasteiger partial charge in [0, 0.05) is 19.4 Å². The van der Waals surface area contributed by atoms with Crippen LogP contribution in [0.1, 0.15) is 31.2 Å². The van der Waals surface area contributed by atoms with Crippen LogP contribution in [0.2, 0.25) is 19.6 Å². The van der Waals surface area contributed by atoms with Gasteiger partial charge in [0.2, 0.25) is 0 Å². The Labute approximate surface area is 170 Å². The topological polar surface area (TPSA) is 44.8 Å². The van der Waals surface area contributed by atoms with E-state index in [1.165, 1.54) is 0 Å². The van der Waals surface area contributed by atoms with Crippen molar-refractivity contribution in [2.75, 3.05) is 7.11 Å². The second-order valence-corrected chi connectivity index (χ2v) is 13.7. The van der Waals surface area contributed by atoms with Gasteiger partial charge in [0.05, 0.1) is 29.8 Å². The van der Waals surface area contributed by atoms with Crippen molar-refractivity contribution in [2.24, 2.45) is 11.3 Å². The Bertz CT molecular complexity index is 686. The van der Waals surface area contributed by atoms with Gasteiger partial charge in [-0.05, 0) is 44.5 Å². The van der Waals surface area contributed by atoms with Crippen LogP contribution in [-0.4, -0.2) is 39.5 Å². The second-order valence-electron chi connectivity index (χ2n) is 9.24. The van der Waals surface area contributed by atoms with Crippen molar-refractivity contribution in [1.29, 1.82) is 0 Å². The standard InChI is InChI=1S/C23H34O4Si/c1-6-13-22(17-24)21(27-28(3,4)5)19-12-14-23(22,25-2)15-20(19)26-16-18-10-8-7-9-11-18/h6-11,17,19-21H,1,12-16H2,2-5H3/t19-,20+,21+,22-,23-/m1/s1. The van der Waals surface area contributed by atoms with Crippen molar-refractivity contribution in [3.05, 3.63) is 48.6 Å². The van der Waals surface area contributed by atoms with Gasteiger partial charge >= 0.3 is 0 Å². The maximum absolute atomic E-state index is 12.6. The van der Waals surface area contributed by atoms with E-state index in [0.717, 1.165) is 31.1 Å². The number of aldehydes is 1. The van der Waals surface area contributed by atoms with Crippen LogP contribution < -0.4 is 0 Å². The molecule has 5 atom stereocenters. The lowest BCUT2D eigenvalue weighted by atomic mass is 9.50. The summed E-state index contributed by atoms with van der Waals surface area (Å²) in [5.41, 5.74) is -0.103. The van der Waals surface area contributed by atoms with Gasteiger partial charge in [-0.3, -0.25) is 0 Å². The Morgan fingerprint density at radius 3 is 2.54 bits per heavy atom. The molecule has 5 heteroatoms. The number of carbonyl (C=O) groups excluding carboxylic acids is 1. The molecule has 3 aliphatic carbocycles. The molecule has 0 aromatic heterocycles. The monoisotopic (exact) mass is 402 g/mol. The van der Waals surface area contributed by atoms with Crippen molar-refractivity contribution in [3.8, 4) is 0 Å². The van der Waals surface area contributed by atoms with Crippen LogP contribution >= 0.6 is 0 Å². The number of rotatable bonds is 9. The maximum Gasteiger partial charge on any atom is 0.184 e. The summed E-state index contributed by atoms with van der Waals surface area (Å²) >= 11 is 0. The van der Waals surface area contributed by atoms with E-state index in [-0.39, 0.29) is 18.1 Å². The molecule has 0 aliphatic heterocycles. The number of benzene rings is 1. The van der Waals surface area contributed by atoms with Crippen LogP contribution in [0.15, 0.2) is 43.0 Å². The summed E-state index contributed by atoms with van der Waals surface area (Å²) < 4.78 is 19.2. The highest BCUT2D eigenvalue weighted by atomic mass is 28.4. The van der Waals surface area contributed by atoms with Crippen LogP contribution in [0, 0.1) is 11.3 Å². The molecule has 0 radical (unpaired) electrons. The minimum absolute atomic E-state index is 0.0214. The molecule has 28 heavy (non-hydrogen) atoms. The third-order valence-electron chi connectivity index (χ3n) is 6.51. The van der Waals surface area contributed by atoms with Gasteiger partial charge in [-0.25, -0.2) is 0 Å². The predicted molar refractivity (Wildman–Crippen MR) is 114 cm³/mol. The van der Waals surface area contributed by atoms with Crippen molar-refractivity contribution < 1.29 is 18.7 Å². The van der Waals surface area contributed by atoms with E-state index < -0.39 is 19.3 Å². The first-order chi connectivity index (χ1) is 13.3. The summed E-state index contributed by atoms with van der Waals surface area (Å²) in [5.74, 6) is 0.192. The van der Waals surface area contributed by atoms with Crippen molar-refractivity contribution in [2.45, 2.75) is 69.7 Å². The molecule has 4 rings (SSSR count). The highest BCUT2D eigenvalue weighted by Gasteiger charge is 2.67. The normalized spacial score (nSPS) is 34.9. The molecule has 0 N–H and O–H groups in total. The summed E-state index contributed by atoms with van der Waals surface area (Å²) in [4.78, 5) is 12.6. The van der Waals surface area contributed by atoms with E-state index in [4.69, 9.17) is 13.9 Å². The second kappa shape index (κ2) is 8.23. The molecule has 1 aromatic carbocycles. The Kier molecular flexibility index (Phi) is 6.30. The van der Waals surface area contributed by atoms with Crippen molar-refractivity contribution in [1.82, 2.24) is 0 Å². The maximum atomic E-state index is 12.6. The molecule has 0 saturated heterocycles. The van der Waals surface area contributed by atoms with Crippen molar-refractivity contribution >= 4 is 14.6 Å². The van der Waals surface area contributed by atoms with Crippen LogP contribution in [0.5, 0.6) is 0 Å². The SMILES string of the molecule is C=CC[C@@]1(C=O)[C@@H](O[Si](C)(C)C)[C@@H]2CC[C@@]1(OC)C[C@@H]2OCc1ccccc1. The van der Waals surface area contributed by atoms with Gasteiger partial charge in [0.25, 0.3) is 0 Å². The first-order valence-corrected chi connectivity index (χ1v) is 13.7. The summed E-state index contributed by atoms with van der Waals surface area (Å²) in [5, 5.41) is 0. The lowest BCUT2D eigenvalue weighted by Crippen LogP contribution is -2.71. The molecule has 3 aliphatic rings. The first-order valence-electron chi connectivity index (χ1n) is 10.3. The van der Waals surface area contributed by atoms with Crippen LogP contribution in [0.3, 0.4) is 0 Å². The Morgan fingerprint density at radius 2 is 1.96 bits per heavy atom. The summed E-state index contributed by atoms with van der Waals surface area (Å²) in [6.45, 7) is 11.0. The Balaban J connectivity index is 1.93. The molecule has 2 bridgehead atoms. The lowest BCUT2D eigenvalue weighted by Gasteiger charge is -2.63. The van der Waals surface area contributed by atoms with Crippen LogP contribution in [0.4, 0.5) is 0 Å². The summed E-state index contributed by atoms with van der Waals surface area (Å²) in [7, 11) is -0.154. The van der Waals surface area contributed by atoms with Gasteiger partial charge in [0.1, 0.15) is 6.29 Å². The number of fused-ring (bicyclic) bond motifs is 3. The number of methoxy groups -OCH3 is 1. The van der Waals surface area contributed by atoms with E-state index in [2.05, 4.69) is 38.4 Å². The summed E-state index contributed by atoms with van der Waals surface area (Å²) in [6.07, 6.45) is 5.87. The smallest absolute Gasteiger partial charge is 0.184 e. The molecular weight excluding hydrogens is 368 g/mol. The van der Waals surface area contributed by atoms with E-state index in [1.807, 2.05) is 24.3 Å². The Hall–Kier alpha value is -1.27. The zero-order chi connectivity index (χ0) is 20.4. The number of hydrogen-bond acceptors (Lipinski definition) is 4. The number of carbonyl (C=O) groups is 1. The quantitative estimate of drug-likeness (QED) is 0.340. The van der Waals surface area contributed by atoms with Gasteiger partial charge in [-0.1, -0.05) is 36.4 Å². The van der Waals surface area contributed by atoms with Crippen LogP contribution in [0.25, 0.3) is 0 Å². The minimum Gasteiger partial charge on any atom is -0.413 e. The molecular formula is C23H34O4Si. The third kappa shape index (κ3) is 3.77. The fourth-order valence-corrected chi connectivity index (χ4v) is 6.39. The zero-order valence-corrected chi connectivity index (χ0v) is 18.6. The highest BCUT2D eigenvalue weighted by molar-refractivity contribution is 6.69. The van der Waals surface area contributed by atoms with E-state index in [9.17, 15) is 4.79 Å². The zero-order valence-electron chi connectivity index (χ0n) is 17.6. The first kappa shape index (κ1) is 21.4. The average molecular weight is 403 g/mol. The molecule has 3 saturated carbocycles. The number of ether oxygens (including phenoxy) is 2. The molecule has 0 amide bonds. The lowest BCUT2D eigenvalue weighted by molar-refractivity contribution is -0.257. The van der Waals surface area contributed by atoms with E-state index in [1.54, 1.807) is 7.11 Å². The van der Waals surface area contributed by atoms with E-state index in [0.29, 0.717) is 13.0 Å². The molecule has 154 valence electrons. The third-order valence-corrected chi connectivity index (χ3v) is 7.47. The van der Waals surface area contributed by atoms with Gasteiger partial charge in [-0.2, -0.15) is 0 Å². The molecule has 0 spiro atoms.